The fraction of sp³-hybridized carbons (Fsp3) is 0.300. The Morgan fingerprint density at radius 3 is 2.93 bits per heavy atom. The van der Waals surface area contributed by atoms with Gasteiger partial charge in [-0.25, -0.2) is 15.0 Å². The average molecular weight is 405 g/mol. The number of anilines is 2. The summed E-state index contributed by atoms with van der Waals surface area (Å²) in [5.74, 6) is 1.32. The monoisotopic (exact) mass is 405 g/mol. The average Bonchev–Trinajstić information content (AvgIpc) is 3.36. The molecule has 5 heterocycles. The normalized spacial score (nSPS) is 16.6. The van der Waals surface area contributed by atoms with Crippen LogP contribution in [0.1, 0.15) is 17.7 Å². The predicted molar refractivity (Wildman–Crippen MR) is 113 cm³/mol. The molecule has 4 aromatic heterocycles. The van der Waals surface area contributed by atoms with Crippen molar-refractivity contribution in [2.75, 3.05) is 23.3 Å². The van der Waals surface area contributed by atoms with Gasteiger partial charge in [-0.2, -0.15) is 5.10 Å². The molecule has 1 unspecified atom stereocenters. The lowest BCUT2D eigenvalue weighted by Crippen LogP contribution is -2.27. The summed E-state index contributed by atoms with van der Waals surface area (Å²) >= 11 is 1.56. The second-order valence-corrected chi connectivity index (χ2v) is 8.20. The number of aryl methyl sites for hydroxylation is 2. The maximum absolute atomic E-state index is 12.7. The first-order chi connectivity index (χ1) is 14.1. The van der Waals surface area contributed by atoms with Crippen molar-refractivity contribution >= 4 is 49.3 Å². The van der Waals surface area contributed by atoms with E-state index in [0.717, 1.165) is 50.5 Å². The molecule has 4 aromatic rings. The Kier molecular flexibility index (Phi) is 4.31. The van der Waals surface area contributed by atoms with Crippen LogP contribution in [0.4, 0.5) is 11.6 Å². The Morgan fingerprint density at radius 2 is 2.10 bits per heavy atom. The van der Waals surface area contributed by atoms with Crippen LogP contribution in [0.3, 0.4) is 0 Å². The van der Waals surface area contributed by atoms with Crippen molar-refractivity contribution in [3.05, 3.63) is 42.0 Å². The van der Waals surface area contributed by atoms with E-state index < -0.39 is 0 Å². The standard InChI is InChI=1S/C20H19N7OS/c1-11-12(2)25-26-20-15(11)16-17(29-20)18(23-10-22-16)27-8-6-13(9-27)19(28)24-14-5-3-4-7-21-14/h3-5,7,10,13H,6,8-9H2,1-2H3,(H,21,24,28). The molecule has 0 aromatic carbocycles. The van der Waals surface area contributed by atoms with Gasteiger partial charge in [-0.1, -0.05) is 6.07 Å². The van der Waals surface area contributed by atoms with E-state index in [9.17, 15) is 4.79 Å². The van der Waals surface area contributed by atoms with Crippen molar-refractivity contribution in [3.63, 3.8) is 0 Å². The van der Waals surface area contributed by atoms with Crippen LogP contribution in [0, 0.1) is 19.8 Å². The minimum atomic E-state index is -0.111. The van der Waals surface area contributed by atoms with Gasteiger partial charge in [0.15, 0.2) is 0 Å². The number of nitrogens with one attached hydrogen (secondary N) is 1. The van der Waals surface area contributed by atoms with Crippen LogP contribution in [-0.2, 0) is 4.79 Å². The number of hydrogen-bond donors (Lipinski definition) is 1. The van der Waals surface area contributed by atoms with Gasteiger partial charge < -0.3 is 10.2 Å². The van der Waals surface area contributed by atoms with Crippen LogP contribution in [0.2, 0.25) is 0 Å². The number of carbonyl (C=O) groups is 1. The highest BCUT2D eigenvalue weighted by atomic mass is 32.1. The Hall–Kier alpha value is -3.20. The fourth-order valence-electron chi connectivity index (χ4n) is 3.73. The van der Waals surface area contributed by atoms with Crippen LogP contribution in [0.15, 0.2) is 30.7 Å². The van der Waals surface area contributed by atoms with E-state index in [0.29, 0.717) is 12.4 Å². The second kappa shape index (κ2) is 7.00. The first-order valence-electron chi connectivity index (χ1n) is 9.45. The zero-order valence-corrected chi connectivity index (χ0v) is 16.9. The summed E-state index contributed by atoms with van der Waals surface area (Å²) in [6, 6.07) is 5.47. The molecule has 0 saturated carbocycles. The van der Waals surface area contributed by atoms with E-state index in [-0.39, 0.29) is 11.8 Å². The van der Waals surface area contributed by atoms with E-state index in [1.165, 1.54) is 0 Å². The van der Waals surface area contributed by atoms with E-state index >= 15 is 0 Å². The quantitative estimate of drug-likeness (QED) is 0.559. The van der Waals surface area contributed by atoms with Gasteiger partial charge in [0.05, 0.1) is 21.8 Å². The molecule has 0 aliphatic carbocycles. The minimum absolute atomic E-state index is 0.00910. The van der Waals surface area contributed by atoms with Crippen molar-refractivity contribution in [2.45, 2.75) is 20.3 Å². The maximum atomic E-state index is 12.7. The topological polar surface area (TPSA) is 96.8 Å². The van der Waals surface area contributed by atoms with Crippen molar-refractivity contribution in [1.29, 1.82) is 0 Å². The molecule has 1 N–H and O–H groups in total. The maximum Gasteiger partial charge on any atom is 0.230 e. The summed E-state index contributed by atoms with van der Waals surface area (Å²) in [6.45, 7) is 5.39. The molecule has 1 saturated heterocycles. The number of amides is 1. The molecule has 1 atom stereocenters. The molecule has 0 radical (unpaired) electrons. The van der Waals surface area contributed by atoms with Crippen LogP contribution >= 0.6 is 11.3 Å². The largest absolute Gasteiger partial charge is 0.355 e. The number of thiophene rings is 1. The van der Waals surface area contributed by atoms with E-state index in [2.05, 4.69) is 35.4 Å². The molecular formula is C20H19N7OS. The number of hydrogen-bond acceptors (Lipinski definition) is 8. The molecule has 29 heavy (non-hydrogen) atoms. The van der Waals surface area contributed by atoms with Gasteiger partial charge in [-0.3, -0.25) is 4.79 Å². The summed E-state index contributed by atoms with van der Waals surface area (Å²) in [5.41, 5.74) is 2.91. The molecule has 8 nitrogen and oxygen atoms in total. The Bertz CT molecular complexity index is 1220. The lowest BCUT2D eigenvalue weighted by atomic mass is 10.1. The van der Waals surface area contributed by atoms with Crippen molar-refractivity contribution < 1.29 is 4.79 Å². The SMILES string of the molecule is Cc1nnc2sc3c(N4CCC(C(=O)Nc5ccccn5)C4)ncnc3c2c1C. The minimum Gasteiger partial charge on any atom is -0.355 e. The summed E-state index contributed by atoms with van der Waals surface area (Å²) < 4.78 is 0.997. The van der Waals surface area contributed by atoms with Crippen LogP contribution < -0.4 is 10.2 Å². The second-order valence-electron chi connectivity index (χ2n) is 7.20. The number of aromatic nitrogens is 5. The van der Waals surface area contributed by atoms with E-state index in [1.807, 2.05) is 26.0 Å². The smallest absolute Gasteiger partial charge is 0.230 e. The van der Waals surface area contributed by atoms with Crippen molar-refractivity contribution in [1.82, 2.24) is 25.1 Å². The molecule has 146 valence electrons. The number of rotatable bonds is 3. The Morgan fingerprint density at radius 1 is 1.21 bits per heavy atom. The van der Waals surface area contributed by atoms with Gasteiger partial charge in [0.2, 0.25) is 5.91 Å². The molecule has 1 aliphatic rings. The number of pyridine rings is 1. The third kappa shape index (κ3) is 3.07. The molecule has 9 heteroatoms. The Balaban J connectivity index is 1.44. The number of carbonyl (C=O) groups excluding carboxylic acids is 1. The lowest BCUT2D eigenvalue weighted by Gasteiger charge is -2.17. The van der Waals surface area contributed by atoms with Crippen molar-refractivity contribution in [2.24, 2.45) is 5.92 Å². The number of fused-ring (bicyclic) bond motifs is 3. The van der Waals surface area contributed by atoms with Gasteiger partial charge in [0, 0.05) is 24.7 Å². The van der Waals surface area contributed by atoms with Gasteiger partial charge >= 0.3 is 0 Å². The van der Waals surface area contributed by atoms with Gasteiger partial charge in [0.25, 0.3) is 0 Å². The molecule has 1 aliphatic heterocycles. The molecule has 1 fully saturated rings. The fourth-order valence-corrected chi connectivity index (χ4v) is 4.88. The van der Waals surface area contributed by atoms with Gasteiger partial charge in [-0.15, -0.1) is 16.4 Å². The molecule has 0 bridgehead atoms. The van der Waals surface area contributed by atoms with Crippen LogP contribution in [0.25, 0.3) is 20.4 Å². The summed E-state index contributed by atoms with van der Waals surface area (Å²) in [4.78, 5) is 28.9. The molecule has 5 rings (SSSR count). The predicted octanol–water partition coefficient (Wildman–Crippen LogP) is 3.11. The van der Waals surface area contributed by atoms with Crippen LogP contribution in [0.5, 0.6) is 0 Å². The summed E-state index contributed by atoms with van der Waals surface area (Å²) in [7, 11) is 0. The molecule has 0 spiro atoms. The highest BCUT2D eigenvalue weighted by Gasteiger charge is 2.31. The molecule has 1 amide bonds. The van der Waals surface area contributed by atoms with Crippen molar-refractivity contribution in [3.8, 4) is 0 Å². The van der Waals surface area contributed by atoms with Crippen LogP contribution in [-0.4, -0.2) is 44.1 Å². The zero-order chi connectivity index (χ0) is 20.0. The third-order valence-electron chi connectivity index (χ3n) is 5.42. The summed E-state index contributed by atoms with van der Waals surface area (Å²) in [6.07, 6.45) is 4.04. The lowest BCUT2D eigenvalue weighted by molar-refractivity contribution is -0.119. The third-order valence-corrected chi connectivity index (χ3v) is 6.48. The first-order valence-corrected chi connectivity index (χ1v) is 10.3. The first kappa shape index (κ1) is 17.9. The van der Waals surface area contributed by atoms with E-state index in [1.54, 1.807) is 29.9 Å². The van der Waals surface area contributed by atoms with Gasteiger partial charge in [0.1, 0.15) is 22.8 Å². The molecular weight excluding hydrogens is 386 g/mol. The highest BCUT2D eigenvalue weighted by molar-refractivity contribution is 7.26. The Labute approximate surface area is 171 Å². The van der Waals surface area contributed by atoms with Gasteiger partial charge in [-0.05, 0) is 38.0 Å². The number of nitrogens with zero attached hydrogens (tertiary/aromatic N) is 6. The zero-order valence-electron chi connectivity index (χ0n) is 16.1. The van der Waals surface area contributed by atoms with E-state index in [4.69, 9.17) is 0 Å². The summed E-state index contributed by atoms with van der Waals surface area (Å²) in [5, 5.41) is 12.5. The highest BCUT2D eigenvalue weighted by Crippen LogP contribution is 2.39.